The van der Waals surface area contributed by atoms with E-state index in [4.69, 9.17) is 4.42 Å². The van der Waals surface area contributed by atoms with Crippen LogP contribution in [-0.4, -0.2) is 7.05 Å². The number of rotatable bonds is 3. The van der Waals surface area contributed by atoms with Crippen LogP contribution in [-0.2, 0) is 0 Å². The first kappa shape index (κ1) is 13.4. The zero-order valence-corrected chi connectivity index (χ0v) is 13.1. The lowest BCUT2D eigenvalue weighted by molar-refractivity contribution is 0.491. The van der Waals surface area contributed by atoms with E-state index in [1.54, 1.807) is 0 Å². The summed E-state index contributed by atoms with van der Waals surface area (Å²) in [6.07, 6.45) is 0. The Labute approximate surface area is 126 Å². The summed E-state index contributed by atoms with van der Waals surface area (Å²) in [6.45, 7) is 2.10. The van der Waals surface area contributed by atoms with Gasteiger partial charge in [-0.05, 0) is 43.3 Å². The Hall–Kier alpha value is -1.58. The minimum atomic E-state index is 0.0641. The second kappa shape index (κ2) is 5.43. The summed E-state index contributed by atoms with van der Waals surface area (Å²) in [6, 6.07) is 16.6. The van der Waals surface area contributed by atoms with Crippen molar-refractivity contribution in [1.82, 2.24) is 5.32 Å². The van der Waals surface area contributed by atoms with Crippen LogP contribution in [0.2, 0.25) is 0 Å². The van der Waals surface area contributed by atoms with E-state index < -0.39 is 0 Å². The Morgan fingerprint density at radius 3 is 2.60 bits per heavy atom. The summed E-state index contributed by atoms with van der Waals surface area (Å²) in [7, 11) is 1.95. The SMILES string of the molecule is CNC(c1ccc(Br)c(C)c1)c1cc2ccccc2o1. The number of aryl methyl sites for hydroxylation is 1. The predicted molar refractivity (Wildman–Crippen MR) is 86.0 cm³/mol. The van der Waals surface area contributed by atoms with Crippen LogP contribution in [0.4, 0.5) is 0 Å². The van der Waals surface area contributed by atoms with Gasteiger partial charge in [0.05, 0.1) is 6.04 Å². The first-order valence-corrected chi connectivity index (χ1v) is 7.40. The number of para-hydroxylation sites is 1. The topological polar surface area (TPSA) is 25.2 Å². The molecule has 0 aliphatic carbocycles. The summed E-state index contributed by atoms with van der Waals surface area (Å²) < 4.78 is 7.10. The fourth-order valence-electron chi connectivity index (χ4n) is 2.47. The molecular weight excluding hydrogens is 314 g/mol. The van der Waals surface area contributed by atoms with Gasteiger partial charge in [0.15, 0.2) is 0 Å². The van der Waals surface area contributed by atoms with E-state index in [1.165, 1.54) is 11.1 Å². The van der Waals surface area contributed by atoms with Crippen molar-refractivity contribution in [3.8, 4) is 0 Å². The van der Waals surface area contributed by atoms with Gasteiger partial charge in [0.2, 0.25) is 0 Å². The van der Waals surface area contributed by atoms with Crippen molar-refractivity contribution in [3.05, 3.63) is 69.9 Å². The summed E-state index contributed by atoms with van der Waals surface area (Å²) in [4.78, 5) is 0. The highest BCUT2D eigenvalue weighted by molar-refractivity contribution is 9.10. The number of fused-ring (bicyclic) bond motifs is 1. The van der Waals surface area contributed by atoms with Gasteiger partial charge in [-0.15, -0.1) is 0 Å². The molecule has 0 amide bonds. The molecule has 0 saturated heterocycles. The Morgan fingerprint density at radius 1 is 1.10 bits per heavy atom. The molecule has 0 aliphatic rings. The smallest absolute Gasteiger partial charge is 0.134 e. The molecule has 1 atom stereocenters. The number of furan rings is 1. The van der Waals surface area contributed by atoms with E-state index in [1.807, 2.05) is 25.2 Å². The summed E-state index contributed by atoms with van der Waals surface area (Å²) in [5, 5.41) is 4.47. The molecule has 2 nitrogen and oxygen atoms in total. The molecule has 1 heterocycles. The monoisotopic (exact) mass is 329 g/mol. The maximum absolute atomic E-state index is 5.97. The average molecular weight is 330 g/mol. The van der Waals surface area contributed by atoms with Crippen LogP contribution in [0, 0.1) is 6.92 Å². The van der Waals surface area contributed by atoms with Crippen molar-refractivity contribution >= 4 is 26.9 Å². The van der Waals surface area contributed by atoms with Gasteiger partial charge in [-0.25, -0.2) is 0 Å². The van der Waals surface area contributed by atoms with Crippen LogP contribution in [0.5, 0.6) is 0 Å². The number of hydrogen-bond acceptors (Lipinski definition) is 2. The third kappa shape index (κ3) is 2.39. The Kier molecular flexibility index (Phi) is 3.64. The van der Waals surface area contributed by atoms with Gasteiger partial charge in [0.25, 0.3) is 0 Å². The van der Waals surface area contributed by atoms with Gasteiger partial charge in [0, 0.05) is 9.86 Å². The molecule has 2 aromatic carbocycles. The number of benzene rings is 2. The molecular formula is C17H16BrNO. The third-order valence-electron chi connectivity index (χ3n) is 3.53. The van der Waals surface area contributed by atoms with Crippen LogP contribution in [0.1, 0.15) is 22.9 Å². The zero-order valence-electron chi connectivity index (χ0n) is 11.5. The van der Waals surface area contributed by atoms with E-state index in [-0.39, 0.29) is 6.04 Å². The molecule has 1 aromatic heterocycles. The van der Waals surface area contributed by atoms with Gasteiger partial charge >= 0.3 is 0 Å². The van der Waals surface area contributed by atoms with Crippen LogP contribution in [0.3, 0.4) is 0 Å². The molecule has 3 aromatic rings. The van der Waals surface area contributed by atoms with Gasteiger partial charge in [-0.3, -0.25) is 0 Å². The minimum Gasteiger partial charge on any atom is -0.459 e. The highest BCUT2D eigenvalue weighted by Crippen LogP contribution is 2.29. The van der Waals surface area contributed by atoms with Crippen LogP contribution < -0.4 is 5.32 Å². The highest BCUT2D eigenvalue weighted by atomic mass is 79.9. The van der Waals surface area contributed by atoms with Crippen molar-refractivity contribution in [2.24, 2.45) is 0 Å². The second-order valence-corrected chi connectivity index (χ2v) is 5.77. The van der Waals surface area contributed by atoms with E-state index in [9.17, 15) is 0 Å². The Morgan fingerprint density at radius 2 is 1.90 bits per heavy atom. The largest absolute Gasteiger partial charge is 0.459 e. The Bertz CT molecular complexity index is 715. The zero-order chi connectivity index (χ0) is 14.1. The fourth-order valence-corrected chi connectivity index (χ4v) is 2.71. The molecule has 1 N–H and O–H groups in total. The van der Waals surface area contributed by atoms with Crippen molar-refractivity contribution < 1.29 is 4.42 Å². The van der Waals surface area contributed by atoms with Crippen molar-refractivity contribution in [2.45, 2.75) is 13.0 Å². The highest BCUT2D eigenvalue weighted by Gasteiger charge is 2.17. The van der Waals surface area contributed by atoms with Gasteiger partial charge in [0.1, 0.15) is 11.3 Å². The lowest BCUT2D eigenvalue weighted by atomic mass is 10.0. The average Bonchev–Trinajstić information content (AvgIpc) is 2.87. The maximum Gasteiger partial charge on any atom is 0.134 e. The minimum absolute atomic E-state index is 0.0641. The van der Waals surface area contributed by atoms with Gasteiger partial charge < -0.3 is 9.73 Å². The molecule has 3 heteroatoms. The third-order valence-corrected chi connectivity index (χ3v) is 4.42. The lowest BCUT2D eigenvalue weighted by Crippen LogP contribution is -2.17. The molecule has 102 valence electrons. The lowest BCUT2D eigenvalue weighted by Gasteiger charge is -2.15. The Balaban J connectivity index is 2.06. The van der Waals surface area contributed by atoms with Crippen LogP contribution >= 0.6 is 15.9 Å². The van der Waals surface area contributed by atoms with Gasteiger partial charge in [-0.2, -0.15) is 0 Å². The summed E-state index contributed by atoms with van der Waals surface area (Å²) in [5.74, 6) is 0.940. The molecule has 0 radical (unpaired) electrons. The number of nitrogens with one attached hydrogen (secondary N) is 1. The first-order chi connectivity index (χ1) is 9.69. The normalized spacial score (nSPS) is 12.8. The van der Waals surface area contributed by atoms with Crippen molar-refractivity contribution in [3.63, 3.8) is 0 Å². The fraction of sp³-hybridized carbons (Fsp3) is 0.176. The van der Waals surface area contributed by atoms with Crippen molar-refractivity contribution in [2.75, 3.05) is 7.05 Å². The standard InChI is InChI=1S/C17H16BrNO/c1-11-9-13(7-8-14(11)18)17(19-2)16-10-12-5-3-4-6-15(12)20-16/h3-10,17,19H,1-2H3. The van der Waals surface area contributed by atoms with E-state index in [0.717, 1.165) is 21.2 Å². The van der Waals surface area contributed by atoms with Gasteiger partial charge in [-0.1, -0.05) is 46.3 Å². The molecule has 1 unspecified atom stereocenters. The molecule has 3 rings (SSSR count). The molecule has 0 spiro atoms. The first-order valence-electron chi connectivity index (χ1n) is 6.61. The van der Waals surface area contributed by atoms with Crippen LogP contribution in [0.15, 0.2) is 57.4 Å². The van der Waals surface area contributed by atoms with E-state index >= 15 is 0 Å². The molecule has 0 saturated carbocycles. The quantitative estimate of drug-likeness (QED) is 0.745. The van der Waals surface area contributed by atoms with E-state index in [0.29, 0.717) is 0 Å². The number of halogens is 1. The molecule has 0 bridgehead atoms. The van der Waals surface area contributed by atoms with Crippen LogP contribution in [0.25, 0.3) is 11.0 Å². The summed E-state index contributed by atoms with van der Waals surface area (Å²) in [5.41, 5.74) is 3.35. The molecule has 0 aliphatic heterocycles. The van der Waals surface area contributed by atoms with E-state index in [2.05, 4.69) is 58.5 Å². The second-order valence-electron chi connectivity index (χ2n) is 4.92. The molecule has 20 heavy (non-hydrogen) atoms. The number of hydrogen-bond donors (Lipinski definition) is 1. The predicted octanol–water partition coefficient (Wildman–Crippen LogP) is 4.81. The van der Waals surface area contributed by atoms with Crippen molar-refractivity contribution in [1.29, 1.82) is 0 Å². The maximum atomic E-state index is 5.97. The molecule has 0 fully saturated rings. The summed E-state index contributed by atoms with van der Waals surface area (Å²) >= 11 is 3.54.